The molecule has 316 valence electrons. The standard InChI is InChI=1S/C64H40N4/c1-3-16-41(17-4-1)42-30-32-43(33-31-42)45-20-15-21-48(38-45)62-65-61(44-18-5-2-6-19-44)66-63(67-62)68-59-29-14-10-25-53(59)54-37-35-47(40-60(54)68)46-34-36-52-51-24-9-13-28-57(51)64(58(52)39-46)55-26-11-7-22-49(55)50-23-8-12-27-56(50)64/h1-40H. The Bertz CT molecular complexity index is 3900. The summed E-state index contributed by atoms with van der Waals surface area (Å²) >= 11 is 0. The summed E-state index contributed by atoms with van der Waals surface area (Å²) in [5, 5.41) is 2.28. The lowest BCUT2D eigenvalue weighted by Gasteiger charge is -2.30. The smallest absolute Gasteiger partial charge is 0.238 e. The minimum atomic E-state index is -0.424. The van der Waals surface area contributed by atoms with Gasteiger partial charge in [0.15, 0.2) is 11.6 Å². The number of para-hydroxylation sites is 1. The van der Waals surface area contributed by atoms with Crippen LogP contribution in [0.5, 0.6) is 0 Å². The number of nitrogens with zero attached hydrogens (tertiary/aromatic N) is 4. The summed E-state index contributed by atoms with van der Waals surface area (Å²) in [5.74, 6) is 1.79. The lowest BCUT2D eigenvalue weighted by Crippen LogP contribution is -2.25. The van der Waals surface area contributed by atoms with Crippen molar-refractivity contribution in [2.45, 2.75) is 5.41 Å². The first-order valence-electron chi connectivity index (χ1n) is 23.3. The summed E-state index contributed by atoms with van der Waals surface area (Å²) in [7, 11) is 0. The fourth-order valence-corrected chi connectivity index (χ4v) is 11.3. The molecule has 0 fully saturated rings. The summed E-state index contributed by atoms with van der Waals surface area (Å²) in [6.07, 6.45) is 0. The Hall–Kier alpha value is -8.99. The van der Waals surface area contributed by atoms with Gasteiger partial charge in [-0.05, 0) is 102 Å². The van der Waals surface area contributed by atoms with Crippen molar-refractivity contribution in [3.05, 3.63) is 265 Å². The normalized spacial score (nSPS) is 12.8. The number of rotatable bonds is 6. The third-order valence-electron chi connectivity index (χ3n) is 14.3. The molecule has 12 aromatic rings. The van der Waals surface area contributed by atoms with E-state index >= 15 is 0 Å². The van der Waals surface area contributed by atoms with Gasteiger partial charge >= 0.3 is 0 Å². The van der Waals surface area contributed by atoms with Crippen molar-refractivity contribution in [2.24, 2.45) is 0 Å². The first kappa shape index (κ1) is 38.3. The van der Waals surface area contributed by atoms with E-state index in [0.717, 1.165) is 55.2 Å². The van der Waals surface area contributed by atoms with Crippen LogP contribution in [0.3, 0.4) is 0 Å². The van der Waals surface area contributed by atoms with Crippen LogP contribution >= 0.6 is 0 Å². The SMILES string of the molecule is c1ccc(-c2ccc(-c3cccc(-c4nc(-c5ccccc5)nc(-n5c6ccccc6c6ccc(-c7ccc8c(c7)C7(c9ccccc9-c9ccccc97)c7ccccc7-8)cc65)n4)c3)cc2)cc1. The zero-order valence-corrected chi connectivity index (χ0v) is 36.9. The zero-order valence-electron chi connectivity index (χ0n) is 36.9. The molecule has 0 saturated heterocycles. The van der Waals surface area contributed by atoms with Crippen LogP contribution in [0.2, 0.25) is 0 Å². The Morgan fingerprint density at radius 2 is 0.706 bits per heavy atom. The molecule has 0 saturated carbocycles. The largest absolute Gasteiger partial charge is 0.278 e. The second-order valence-electron chi connectivity index (χ2n) is 17.9. The van der Waals surface area contributed by atoms with Gasteiger partial charge in [-0.25, -0.2) is 4.98 Å². The Morgan fingerprint density at radius 3 is 1.38 bits per heavy atom. The third-order valence-corrected chi connectivity index (χ3v) is 14.3. The predicted molar refractivity (Wildman–Crippen MR) is 278 cm³/mol. The van der Waals surface area contributed by atoms with Crippen molar-refractivity contribution < 1.29 is 0 Å². The van der Waals surface area contributed by atoms with E-state index in [2.05, 4.69) is 229 Å². The Labute approximate surface area is 394 Å². The zero-order chi connectivity index (χ0) is 44.8. The Kier molecular flexibility index (Phi) is 8.46. The van der Waals surface area contributed by atoms with E-state index in [1.165, 1.54) is 55.6 Å². The van der Waals surface area contributed by atoms with Gasteiger partial charge in [0.2, 0.25) is 5.95 Å². The second kappa shape index (κ2) is 15.0. The van der Waals surface area contributed by atoms with Crippen LogP contribution in [-0.4, -0.2) is 19.5 Å². The molecule has 1 spiro atoms. The number of aromatic nitrogens is 4. The van der Waals surface area contributed by atoms with Crippen LogP contribution in [0.15, 0.2) is 243 Å². The van der Waals surface area contributed by atoms with Crippen molar-refractivity contribution >= 4 is 21.8 Å². The highest BCUT2D eigenvalue weighted by Crippen LogP contribution is 2.63. The molecule has 68 heavy (non-hydrogen) atoms. The maximum atomic E-state index is 5.36. The molecule has 0 N–H and O–H groups in total. The molecule has 10 aromatic carbocycles. The monoisotopic (exact) mass is 864 g/mol. The average Bonchev–Trinajstić information content (AvgIpc) is 4.03. The van der Waals surface area contributed by atoms with Gasteiger partial charge in [-0.15, -0.1) is 0 Å². The molecule has 0 unspecified atom stereocenters. The van der Waals surface area contributed by atoms with Crippen molar-refractivity contribution in [1.82, 2.24) is 19.5 Å². The molecule has 2 aliphatic rings. The van der Waals surface area contributed by atoms with E-state index in [9.17, 15) is 0 Å². The molecule has 0 amide bonds. The van der Waals surface area contributed by atoms with Gasteiger partial charge in [0.25, 0.3) is 0 Å². The molecule has 0 bridgehead atoms. The molecule has 0 atom stereocenters. The van der Waals surface area contributed by atoms with E-state index in [1.54, 1.807) is 0 Å². The van der Waals surface area contributed by atoms with Crippen LogP contribution in [-0.2, 0) is 5.41 Å². The predicted octanol–water partition coefficient (Wildman–Crippen LogP) is 15.6. The molecule has 4 nitrogen and oxygen atoms in total. The average molecular weight is 865 g/mol. The molecular formula is C64H40N4. The van der Waals surface area contributed by atoms with Crippen LogP contribution < -0.4 is 0 Å². The van der Waals surface area contributed by atoms with Gasteiger partial charge in [0, 0.05) is 21.9 Å². The van der Waals surface area contributed by atoms with E-state index in [1.807, 2.05) is 18.2 Å². The fourth-order valence-electron chi connectivity index (χ4n) is 11.3. The quantitative estimate of drug-likeness (QED) is 0.167. The maximum Gasteiger partial charge on any atom is 0.238 e. The van der Waals surface area contributed by atoms with Crippen LogP contribution in [0, 0.1) is 0 Å². The molecule has 0 radical (unpaired) electrons. The summed E-state index contributed by atoms with van der Waals surface area (Å²) in [6.45, 7) is 0. The molecule has 2 aromatic heterocycles. The van der Waals surface area contributed by atoms with Gasteiger partial charge in [0.05, 0.1) is 16.4 Å². The Balaban J connectivity index is 0.940. The minimum absolute atomic E-state index is 0.424. The van der Waals surface area contributed by atoms with Crippen molar-refractivity contribution in [1.29, 1.82) is 0 Å². The molecule has 2 heterocycles. The second-order valence-corrected chi connectivity index (χ2v) is 17.9. The van der Waals surface area contributed by atoms with E-state index < -0.39 is 5.41 Å². The summed E-state index contributed by atoms with van der Waals surface area (Å²) < 4.78 is 2.23. The maximum absolute atomic E-state index is 5.36. The minimum Gasteiger partial charge on any atom is -0.278 e. The number of hydrogen-bond acceptors (Lipinski definition) is 3. The molecular weight excluding hydrogens is 825 g/mol. The topological polar surface area (TPSA) is 43.6 Å². The molecule has 4 heteroatoms. The van der Waals surface area contributed by atoms with Crippen LogP contribution in [0.1, 0.15) is 22.3 Å². The van der Waals surface area contributed by atoms with E-state index in [-0.39, 0.29) is 0 Å². The van der Waals surface area contributed by atoms with Gasteiger partial charge in [-0.3, -0.25) is 4.57 Å². The number of hydrogen-bond donors (Lipinski definition) is 0. The lowest BCUT2D eigenvalue weighted by atomic mass is 9.70. The highest BCUT2D eigenvalue weighted by atomic mass is 15.2. The van der Waals surface area contributed by atoms with Gasteiger partial charge < -0.3 is 0 Å². The summed E-state index contributed by atoms with van der Waals surface area (Å²) in [5.41, 5.74) is 20.9. The fraction of sp³-hybridized carbons (Fsp3) is 0.0156. The third kappa shape index (κ3) is 5.71. The lowest BCUT2D eigenvalue weighted by molar-refractivity contribution is 0.794. The van der Waals surface area contributed by atoms with Gasteiger partial charge in [-0.2, -0.15) is 9.97 Å². The summed E-state index contributed by atoms with van der Waals surface area (Å²) in [6, 6.07) is 87.6. The van der Waals surface area contributed by atoms with E-state index in [4.69, 9.17) is 15.0 Å². The van der Waals surface area contributed by atoms with Crippen molar-refractivity contribution in [3.63, 3.8) is 0 Å². The van der Waals surface area contributed by atoms with Crippen molar-refractivity contribution in [2.75, 3.05) is 0 Å². The van der Waals surface area contributed by atoms with Crippen LogP contribution in [0.4, 0.5) is 0 Å². The first-order valence-corrected chi connectivity index (χ1v) is 23.3. The molecule has 14 rings (SSSR count). The highest BCUT2D eigenvalue weighted by molar-refractivity contribution is 6.10. The highest BCUT2D eigenvalue weighted by Gasteiger charge is 2.51. The summed E-state index contributed by atoms with van der Waals surface area (Å²) in [4.78, 5) is 15.8. The van der Waals surface area contributed by atoms with Crippen LogP contribution in [0.25, 0.3) is 106 Å². The van der Waals surface area contributed by atoms with Gasteiger partial charge in [0.1, 0.15) is 0 Å². The Morgan fingerprint density at radius 1 is 0.265 bits per heavy atom. The molecule has 0 aliphatic heterocycles. The van der Waals surface area contributed by atoms with Crippen molar-refractivity contribution in [3.8, 4) is 84.4 Å². The van der Waals surface area contributed by atoms with Gasteiger partial charge in [-0.1, -0.05) is 218 Å². The van der Waals surface area contributed by atoms with E-state index in [0.29, 0.717) is 17.6 Å². The number of fused-ring (bicyclic) bond motifs is 13. The first-order chi connectivity index (χ1) is 33.7. The number of benzene rings is 10. The molecule has 2 aliphatic carbocycles.